The molecule has 160 valence electrons. The second-order valence-electron chi connectivity index (χ2n) is 6.62. The molecule has 0 aliphatic carbocycles. The minimum Gasteiger partial charge on any atom is -0.451 e. The number of hydrogen-bond acceptors (Lipinski definition) is 5. The summed E-state index contributed by atoms with van der Waals surface area (Å²) in [6, 6.07) is 20.0. The first-order valence-corrected chi connectivity index (χ1v) is 10.5. The smallest absolute Gasteiger partial charge is 0.291 e. The summed E-state index contributed by atoms with van der Waals surface area (Å²) in [4.78, 5) is 24.6. The monoisotopic (exact) mass is 468 g/mol. The lowest BCUT2D eigenvalue weighted by Gasteiger charge is -2.11. The fourth-order valence-electron chi connectivity index (χ4n) is 2.86. The maximum absolute atomic E-state index is 13.2. The lowest BCUT2D eigenvalue weighted by Crippen LogP contribution is -2.11. The van der Waals surface area contributed by atoms with Crippen LogP contribution in [0.15, 0.2) is 93.1 Å². The summed E-state index contributed by atoms with van der Waals surface area (Å²) in [5.41, 5.74) is 1.04. The molecule has 4 aromatic rings. The molecule has 0 saturated heterocycles. The molecule has 0 bridgehead atoms. The largest absolute Gasteiger partial charge is 0.451 e. The van der Waals surface area contributed by atoms with Gasteiger partial charge < -0.3 is 9.73 Å². The number of benzene rings is 3. The van der Waals surface area contributed by atoms with Gasteiger partial charge >= 0.3 is 0 Å². The maximum Gasteiger partial charge on any atom is 0.291 e. The number of hydrogen-bond donors (Lipinski definition) is 1. The molecule has 0 aliphatic rings. The highest BCUT2D eigenvalue weighted by atomic mass is 35.5. The summed E-state index contributed by atoms with van der Waals surface area (Å²) >= 11 is 7.46. The summed E-state index contributed by atoms with van der Waals surface area (Å²) in [6.45, 7) is 0. The molecule has 3 aromatic carbocycles. The normalized spacial score (nSPS) is 10.7. The second-order valence-corrected chi connectivity index (χ2v) is 8.17. The quantitative estimate of drug-likeness (QED) is 0.242. The number of amides is 1. The Morgan fingerprint density at radius 1 is 1.00 bits per heavy atom. The third kappa shape index (κ3) is 4.99. The third-order valence-electron chi connectivity index (χ3n) is 4.42. The molecule has 6 nitrogen and oxygen atoms in total. The van der Waals surface area contributed by atoms with E-state index in [1.807, 2.05) is 0 Å². The molecule has 9 heteroatoms. The average molecular weight is 469 g/mol. The van der Waals surface area contributed by atoms with Crippen LogP contribution in [0.25, 0.3) is 11.3 Å². The van der Waals surface area contributed by atoms with Gasteiger partial charge in [-0.2, -0.15) is 0 Å². The molecule has 1 aromatic heterocycles. The molecule has 0 radical (unpaired) electrons. The van der Waals surface area contributed by atoms with Gasteiger partial charge in [0.15, 0.2) is 5.76 Å². The van der Waals surface area contributed by atoms with Crippen LogP contribution < -0.4 is 5.32 Å². The van der Waals surface area contributed by atoms with Gasteiger partial charge in [0, 0.05) is 32.5 Å². The predicted octanol–water partition coefficient (Wildman–Crippen LogP) is 7.05. The van der Waals surface area contributed by atoms with Crippen LogP contribution in [0.3, 0.4) is 0 Å². The van der Waals surface area contributed by atoms with E-state index in [2.05, 4.69) is 5.32 Å². The maximum atomic E-state index is 13.2. The van der Waals surface area contributed by atoms with E-state index in [4.69, 9.17) is 16.0 Å². The molecule has 1 N–H and O–H groups in total. The number of carbonyl (C=O) groups is 1. The molecule has 1 amide bonds. The van der Waals surface area contributed by atoms with E-state index < -0.39 is 10.8 Å². The first kappa shape index (κ1) is 21.6. The first-order chi connectivity index (χ1) is 15.4. The zero-order valence-corrected chi connectivity index (χ0v) is 17.8. The lowest BCUT2D eigenvalue weighted by molar-refractivity contribution is -0.384. The standard InChI is InChI=1S/C23H14ClFN2O4S/c24-15-3-12-22(32-18-8-4-16(25)5-9-18)19(13-15)26-23(28)21-11-10-20(31-21)14-1-6-17(7-2-14)27(29)30/h1-13H,(H,26,28). The number of nitro benzene ring substituents is 1. The van der Waals surface area contributed by atoms with Gasteiger partial charge in [0.05, 0.1) is 10.6 Å². The van der Waals surface area contributed by atoms with Crippen LogP contribution in [-0.4, -0.2) is 10.8 Å². The molecule has 0 fully saturated rings. The number of nitrogens with zero attached hydrogens (tertiary/aromatic N) is 1. The topological polar surface area (TPSA) is 85.4 Å². The SMILES string of the molecule is O=C(Nc1cc(Cl)ccc1Sc1ccc(F)cc1)c1ccc(-c2ccc([N+](=O)[O-])cc2)o1. The fourth-order valence-corrected chi connectivity index (χ4v) is 3.92. The van der Waals surface area contributed by atoms with Crippen molar-refractivity contribution < 1.29 is 18.5 Å². The van der Waals surface area contributed by atoms with Crippen LogP contribution in [0.1, 0.15) is 10.6 Å². The summed E-state index contributed by atoms with van der Waals surface area (Å²) in [5, 5.41) is 14.0. The van der Waals surface area contributed by atoms with Crippen LogP contribution in [0.5, 0.6) is 0 Å². The Labute approximate surface area is 191 Å². The zero-order chi connectivity index (χ0) is 22.7. The first-order valence-electron chi connectivity index (χ1n) is 9.28. The highest BCUT2D eigenvalue weighted by Gasteiger charge is 2.16. The van der Waals surface area contributed by atoms with Crippen LogP contribution in [0.2, 0.25) is 5.02 Å². The number of anilines is 1. The molecule has 0 spiro atoms. The van der Waals surface area contributed by atoms with Gasteiger partial charge in [0.1, 0.15) is 11.6 Å². The molecule has 0 saturated carbocycles. The summed E-state index contributed by atoms with van der Waals surface area (Å²) < 4.78 is 18.8. The predicted molar refractivity (Wildman–Crippen MR) is 121 cm³/mol. The minimum absolute atomic E-state index is 0.0367. The number of halogens is 2. The summed E-state index contributed by atoms with van der Waals surface area (Å²) in [6.07, 6.45) is 0. The van der Waals surface area contributed by atoms with Crippen molar-refractivity contribution in [3.05, 3.63) is 106 Å². The van der Waals surface area contributed by atoms with Gasteiger partial charge in [0.25, 0.3) is 11.6 Å². The van der Waals surface area contributed by atoms with Crippen molar-refractivity contribution in [2.45, 2.75) is 9.79 Å². The van der Waals surface area contributed by atoms with Crippen molar-refractivity contribution >= 4 is 40.6 Å². The van der Waals surface area contributed by atoms with Crippen molar-refractivity contribution in [1.29, 1.82) is 0 Å². The molecule has 0 aliphatic heterocycles. The fraction of sp³-hybridized carbons (Fsp3) is 0. The Hall–Kier alpha value is -3.62. The van der Waals surface area contributed by atoms with Crippen LogP contribution in [0, 0.1) is 15.9 Å². The van der Waals surface area contributed by atoms with Gasteiger partial charge in [0.2, 0.25) is 0 Å². The van der Waals surface area contributed by atoms with E-state index in [-0.39, 0.29) is 17.3 Å². The summed E-state index contributed by atoms with van der Waals surface area (Å²) in [5.74, 6) is -0.352. The van der Waals surface area contributed by atoms with Gasteiger partial charge in [-0.05, 0) is 66.7 Å². The number of non-ortho nitro benzene ring substituents is 1. The Morgan fingerprint density at radius 3 is 2.41 bits per heavy atom. The van der Waals surface area contributed by atoms with Crippen LogP contribution >= 0.6 is 23.4 Å². The number of furan rings is 1. The Morgan fingerprint density at radius 2 is 1.72 bits per heavy atom. The van der Waals surface area contributed by atoms with E-state index in [1.54, 1.807) is 48.5 Å². The number of nitro groups is 1. The zero-order valence-electron chi connectivity index (χ0n) is 16.2. The van der Waals surface area contributed by atoms with E-state index in [0.717, 1.165) is 9.79 Å². The number of nitrogens with one attached hydrogen (secondary N) is 1. The molecular formula is C23H14ClFN2O4S. The highest BCUT2D eigenvalue weighted by Crippen LogP contribution is 2.35. The van der Waals surface area contributed by atoms with E-state index in [0.29, 0.717) is 22.0 Å². The molecule has 0 atom stereocenters. The second kappa shape index (κ2) is 9.25. The number of carbonyl (C=O) groups excluding carboxylic acids is 1. The van der Waals surface area contributed by atoms with E-state index >= 15 is 0 Å². The number of rotatable bonds is 6. The Bertz CT molecular complexity index is 1290. The van der Waals surface area contributed by atoms with Gasteiger partial charge in [-0.3, -0.25) is 14.9 Å². The van der Waals surface area contributed by atoms with Crippen molar-refractivity contribution in [1.82, 2.24) is 0 Å². The van der Waals surface area contributed by atoms with Gasteiger partial charge in [-0.1, -0.05) is 23.4 Å². The Balaban J connectivity index is 1.53. The van der Waals surface area contributed by atoms with Crippen LogP contribution in [0.4, 0.5) is 15.8 Å². The van der Waals surface area contributed by atoms with Crippen molar-refractivity contribution in [2.75, 3.05) is 5.32 Å². The molecule has 0 unspecified atom stereocenters. The van der Waals surface area contributed by atoms with Gasteiger partial charge in [-0.25, -0.2) is 4.39 Å². The molecule has 1 heterocycles. The minimum atomic E-state index is -0.489. The highest BCUT2D eigenvalue weighted by molar-refractivity contribution is 7.99. The average Bonchev–Trinajstić information content (AvgIpc) is 3.28. The van der Waals surface area contributed by atoms with Crippen molar-refractivity contribution in [3.63, 3.8) is 0 Å². The Kier molecular flexibility index (Phi) is 6.25. The third-order valence-corrected chi connectivity index (χ3v) is 5.74. The molecule has 4 rings (SSSR count). The van der Waals surface area contributed by atoms with Crippen LogP contribution in [-0.2, 0) is 0 Å². The lowest BCUT2D eigenvalue weighted by atomic mass is 10.1. The van der Waals surface area contributed by atoms with E-state index in [9.17, 15) is 19.3 Å². The molecule has 32 heavy (non-hydrogen) atoms. The van der Waals surface area contributed by atoms with E-state index in [1.165, 1.54) is 42.1 Å². The van der Waals surface area contributed by atoms with Crippen molar-refractivity contribution in [2.24, 2.45) is 0 Å². The van der Waals surface area contributed by atoms with Gasteiger partial charge in [-0.15, -0.1) is 0 Å². The molecular weight excluding hydrogens is 455 g/mol. The summed E-state index contributed by atoms with van der Waals surface area (Å²) in [7, 11) is 0. The van der Waals surface area contributed by atoms with Crippen molar-refractivity contribution in [3.8, 4) is 11.3 Å².